The third kappa shape index (κ3) is 3.74. The minimum Gasteiger partial charge on any atom is -0.393 e. The Morgan fingerprint density at radius 1 is 0.967 bits per heavy atom. The van der Waals surface area contributed by atoms with Gasteiger partial charge in [0.1, 0.15) is 0 Å². The van der Waals surface area contributed by atoms with Gasteiger partial charge in [-0.05, 0) is 110 Å². The third-order valence-electron chi connectivity index (χ3n) is 11.3. The predicted octanol–water partition coefficient (Wildman–Crippen LogP) is 8.02. The van der Waals surface area contributed by atoms with Gasteiger partial charge in [-0.3, -0.25) is 0 Å². The number of aliphatic hydroxyl groups is 1. The number of aliphatic hydroxyl groups excluding tert-OH is 1. The fraction of sp³-hybridized carbons (Fsp3) is 0.931. The molecule has 0 heterocycles. The number of allylic oxidation sites excluding steroid dienone is 2. The van der Waals surface area contributed by atoms with Crippen molar-refractivity contribution in [2.75, 3.05) is 0 Å². The van der Waals surface area contributed by atoms with E-state index in [1.54, 1.807) is 0 Å². The number of fused-ring (bicyclic) bond motifs is 5. The Balaban J connectivity index is 1.48. The summed E-state index contributed by atoms with van der Waals surface area (Å²) in [6.07, 6.45) is 17.2. The lowest BCUT2D eigenvalue weighted by atomic mass is 9.47. The molecule has 0 spiro atoms. The highest BCUT2D eigenvalue weighted by Crippen LogP contribution is 2.67. The summed E-state index contributed by atoms with van der Waals surface area (Å²) < 4.78 is 0. The average Bonchev–Trinajstić information content (AvgIpc) is 3.06. The Labute approximate surface area is 187 Å². The predicted molar refractivity (Wildman–Crippen MR) is 128 cm³/mol. The number of hydrogen-bond acceptors (Lipinski definition) is 1. The van der Waals surface area contributed by atoms with Crippen LogP contribution in [0, 0.1) is 52.3 Å². The van der Waals surface area contributed by atoms with Crippen LogP contribution in [0.4, 0.5) is 0 Å². The van der Waals surface area contributed by atoms with Gasteiger partial charge < -0.3 is 5.11 Å². The second-order valence-electron chi connectivity index (χ2n) is 12.9. The molecule has 30 heavy (non-hydrogen) atoms. The van der Waals surface area contributed by atoms with Crippen LogP contribution < -0.4 is 0 Å². The van der Waals surface area contributed by atoms with Gasteiger partial charge in [-0.25, -0.2) is 0 Å². The Hall–Kier alpha value is -0.300. The van der Waals surface area contributed by atoms with Crippen molar-refractivity contribution in [1.82, 2.24) is 0 Å². The first-order valence-electron chi connectivity index (χ1n) is 13.6. The summed E-state index contributed by atoms with van der Waals surface area (Å²) in [4.78, 5) is 0. The van der Waals surface area contributed by atoms with E-state index in [0.717, 1.165) is 54.3 Å². The SMILES string of the molecule is CCC(CCC(C)[C@H]1CC[C@H]2C3=CCC4C[C@@H](O)CC[C@]4(C)[C@H]3CC[C@]12C)C(C)C. The van der Waals surface area contributed by atoms with E-state index < -0.39 is 0 Å². The van der Waals surface area contributed by atoms with Crippen molar-refractivity contribution in [2.24, 2.45) is 52.3 Å². The highest BCUT2D eigenvalue weighted by Gasteiger charge is 2.58. The van der Waals surface area contributed by atoms with E-state index in [1.807, 2.05) is 5.57 Å². The van der Waals surface area contributed by atoms with Gasteiger partial charge in [0.05, 0.1) is 6.10 Å². The molecule has 0 radical (unpaired) electrons. The van der Waals surface area contributed by atoms with Crippen molar-refractivity contribution in [3.63, 3.8) is 0 Å². The zero-order valence-electron chi connectivity index (χ0n) is 20.9. The molecule has 1 heteroatoms. The standard InChI is InChI=1S/C29H50O/c1-7-21(19(2)3)9-8-20(4)25-12-13-26-24-11-10-22-18-23(30)14-16-28(22,5)27(24)15-17-29(25,26)6/h11,19-23,25-27,30H,7-10,12-18H2,1-6H3/t20?,21?,22?,23-,25+,26-,27-,28-,29+/m0/s1. The maximum absolute atomic E-state index is 10.3. The summed E-state index contributed by atoms with van der Waals surface area (Å²) in [6.45, 7) is 15.1. The summed E-state index contributed by atoms with van der Waals surface area (Å²) in [6, 6.07) is 0. The van der Waals surface area contributed by atoms with Gasteiger partial charge in [0.15, 0.2) is 0 Å². The second kappa shape index (κ2) is 8.57. The van der Waals surface area contributed by atoms with Gasteiger partial charge in [-0.1, -0.05) is 66.0 Å². The molecule has 4 aliphatic rings. The summed E-state index contributed by atoms with van der Waals surface area (Å²) >= 11 is 0. The molecule has 3 unspecified atom stereocenters. The molecule has 0 aromatic heterocycles. The first kappa shape index (κ1) is 22.9. The summed E-state index contributed by atoms with van der Waals surface area (Å²) in [5.74, 6) is 5.92. The molecule has 9 atom stereocenters. The molecule has 0 aromatic carbocycles. The van der Waals surface area contributed by atoms with E-state index in [2.05, 4.69) is 47.6 Å². The smallest absolute Gasteiger partial charge is 0.0543 e. The van der Waals surface area contributed by atoms with Gasteiger partial charge >= 0.3 is 0 Å². The van der Waals surface area contributed by atoms with Gasteiger partial charge in [0.2, 0.25) is 0 Å². The van der Waals surface area contributed by atoms with Crippen molar-refractivity contribution in [2.45, 2.75) is 118 Å². The first-order valence-corrected chi connectivity index (χ1v) is 13.6. The van der Waals surface area contributed by atoms with Gasteiger partial charge in [0, 0.05) is 0 Å². The minimum absolute atomic E-state index is 0.0404. The zero-order chi connectivity index (χ0) is 21.7. The number of rotatable bonds is 6. The third-order valence-corrected chi connectivity index (χ3v) is 11.3. The van der Waals surface area contributed by atoms with Crippen molar-refractivity contribution < 1.29 is 5.11 Å². The Bertz CT molecular complexity index is 634. The van der Waals surface area contributed by atoms with Gasteiger partial charge in [-0.2, -0.15) is 0 Å². The normalized spacial score (nSPS) is 45.3. The van der Waals surface area contributed by atoms with Crippen molar-refractivity contribution >= 4 is 0 Å². The van der Waals surface area contributed by atoms with Crippen LogP contribution in [-0.4, -0.2) is 11.2 Å². The molecule has 172 valence electrons. The van der Waals surface area contributed by atoms with Crippen LogP contribution in [0.15, 0.2) is 11.6 Å². The number of hydrogen-bond donors (Lipinski definition) is 1. The van der Waals surface area contributed by atoms with Gasteiger partial charge in [0.25, 0.3) is 0 Å². The Kier molecular flexibility index (Phi) is 6.53. The van der Waals surface area contributed by atoms with E-state index in [4.69, 9.17) is 0 Å². The van der Waals surface area contributed by atoms with Crippen LogP contribution in [0.25, 0.3) is 0 Å². The Morgan fingerprint density at radius 3 is 2.37 bits per heavy atom. The van der Waals surface area contributed by atoms with E-state index in [-0.39, 0.29) is 6.10 Å². The molecule has 4 aliphatic carbocycles. The summed E-state index contributed by atoms with van der Waals surface area (Å²) in [7, 11) is 0. The van der Waals surface area contributed by atoms with Crippen LogP contribution in [0.2, 0.25) is 0 Å². The molecular formula is C29H50O. The molecular weight excluding hydrogens is 364 g/mol. The average molecular weight is 415 g/mol. The maximum atomic E-state index is 10.3. The highest BCUT2D eigenvalue weighted by atomic mass is 16.3. The van der Waals surface area contributed by atoms with E-state index in [0.29, 0.717) is 10.8 Å². The topological polar surface area (TPSA) is 20.2 Å². The summed E-state index contributed by atoms with van der Waals surface area (Å²) in [5, 5.41) is 10.3. The molecule has 4 rings (SSSR count). The van der Waals surface area contributed by atoms with Crippen LogP contribution in [-0.2, 0) is 0 Å². The minimum atomic E-state index is -0.0404. The first-order chi connectivity index (χ1) is 14.2. The van der Waals surface area contributed by atoms with Crippen LogP contribution in [0.1, 0.15) is 112 Å². The van der Waals surface area contributed by atoms with Crippen LogP contribution in [0.3, 0.4) is 0 Å². The molecule has 0 amide bonds. The fourth-order valence-electron chi connectivity index (χ4n) is 9.15. The molecule has 3 fully saturated rings. The van der Waals surface area contributed by atoms with E-state index in [9.17, 15) is 5.11 Å². The monoisotopic (exact) mass is 414 g/mol. The molecule has 1 N–H and O–H groups in total. The molecule has 0 aliphatic heterocycles. The second-order valence-corrected chi connectivity index (χ2v) is 12.9. The molecule has 1 nitrogen and oxygen atoms in total. The van der Waals surface area contributed by atoms with Crippen molar-refractivity contribution in [3.8, 4) is 0 Å². The van der Waals surface area contributed by atoms with Crippen molar-refractivity contribution in [3.05, 3.63) is 11.6 Å². The lowest BCUT2D eigenvalue weighted by Gasteiger charge is -2.57. The molecule has 0 bridgehead atoms. The summed E-state index contributed by atoms with van der Waals surface area (Å²) in [5.41, 5.74) is 2.88. The van der Waals surface area contributed by atoms with E-state index in [1.165, 1.54) is 57.8 Å². The molecule has 0 aromatic rings. The van der Waals surface area contributed by atoms with Gasteiger partial charge in [-0.15, -0.1) is 0 Å². The fourth-order valence-corrected chi connectivity index (χ4v) is 9.15. The van der Waals surface area contributed by atoms with Crippen LogP contribution >= 0.6 is 0 Å². The lowest BCUT2D eigenvalue weighted by molar-refractivity contribution is -0.0428. The quantitative estimate of drug-likeness (QED) is 0.436. The lowest BCUT2D eigenvalue weighted by Crippen LogP contribution is -2.49. The van der Waals surface area contributed by atoms with Crippen molar-refractivity contribution in [1.29, 1.82) is 0 Å². The largest absolute Gasteiger partial charge is 0.393 e. The zero-order valence-corrected chi connectivity index (χ0v) is 20.9. The van der Waals surface area contributed by atoms with E-state index >= 15 is 0 Å². The highest BCUT2D eigenvalue weighted by molar-refractivity contribution is 5.27. The molecule has 0 saturated heterocycles. The Morgan fingerprint density at radius 2 is 1.67 bits per heavy atom. The maximum Gasteiger partial charge on any atom is 0.0543 e. The van der Waals surface area contributed by atoms with Crippen LogP contribution in [0.5, 0.6) is 0 Å². The molecule has 3 saturated carbocycles.